The van der Waals surface area contributed by atoms with Crippen LogP contribution in [-0.4, -0.2) is 18.4 Å². The van der Waals surface area contributed by atoms with E-state index in [0.29, 0.717) is 12.5 Å². The summed E-state index contributed by atoms with van der Waals surface area (Å²) in [6, 6.07) is -0.276. The summed E-state index contributed by atoms with van der Waals surface area (Å²) in [7, 11) is 0. The molecule has 1 atom stereocenters. The maximum absolute atomic E-state index is 11.7. The van der Waals surface area contributed by atoms with Crippen molar-refractivity contribution in [3.05, 3.63) is 11.8 Å². The van der Waals surface area contributed by atoms with Gasteiger partial charge in [-0.1, -0.05) is 6.42 Å². The first-order valence-electron chi connectivity index (χ1n) is 4.89. The van der Waals surface area contributed by atoms with Gasteiger partial charge in [0.2, 0.25) is 0 Å². The van der Waals surface area contributed by atoms with Crippen molar-refractivity contribution in [2.45, 2.75) is 31.7 Å². The molecule has 2 rings (SSSR count). The van der Waals surface area contributed by atoms with Gasteiger partial charge < -0.3 is 10.5 Å². The zero-order chi connectivity index (χ0) is 9.26. The van der Waals surface area contributed by atoms with Gasteiger partial charge in [0.15, 0.2) is 5.78 Å². The molecule has 1 saturated carbocycles. The summed E-state index contributed by atoms with van der Waals surface area (Å²) in [5.41, 5.74) is 6.63. The van der Waals surface area contributed by atoms with E-state index >= 15 is 0 Å². The standard InChI is InChI=1S/C10H15NO2/c11-9(7-2-1-3-7)10(12)8-4-5-13-6-8/h6-7,9H,1-5,11H2. The van der Waals surface area contributed by atoms with Crippen molar-refractivity contribution < 1.29 is 9.53 Å². The van der Waals surface area contributed by atoms with Crippen molar-refractivity contribution >= 4 is 5.78 Å². The smallest absolute Gasteiger partial charge is 0.178 e. The van der Waals surface area contributed by atoms with E-state index < -0.39 is 0 Å². The largest absolute Gasteiger partial charge is 0.500 e. The van der Waals surface area contributed by atoms with Crippen LogP contribution in [0.3, 0.4) is 0 Å². The maximum Gasteiger partial charge on any atom is 0.178 e. The maximum atomic E-state index is 11.7. The van der Waals surface area contributed by atoms with Crippen molar-refractivity contribution in [2.24, 2.45) is 11.7 Å². The number of carbonyl (C=O) groups excluding carboxylic acids is 1. The number of nitrogens with two attached hydrogens (primary N) is 1. The third-order valence-corrected chi connectivity index (χ3v) is 2.99. The fraction of sp³-hybridized carbons (Fsp3) is 0.700. The molecule has 2 N–H and O–H groups in total. The van der Waals surface area contributed by atoms with Gasteiger partial charge in [0.25, 0.3) is 0 Å². The Labute approximate surface area is 77.9 Å². The predicted molar refractivity (Wildman–Crippen MR) is 49.0 cm³/mol. The Balaban J connectivity index is 1.94. The van der Waals surface area contributed by atoms with Crippen molar-refractivity contribution in [1.82, 2.24) is 0 Å². The molecule has 0 spiro atoms. The molecule has 3 nitrogen and oxygen atoms in total. The molecule has 0 radical (unpaired) electrons. The molecule has 1 aliphatic carbocycles. The van der Waals surface area contributed by atoms with E-state index in [9.17, 15) is 4.79 Å². The third-order valence-electron chi connectivity index (χ3n) is 2.99. The average Bonchev–Trinajstić information content (AvgIpc) is 2.51. The number of Topliss-reactive ketones (excluding diaryl/α,β-unsaturated/α-hetero) is 1. The van der Waals surface area contributed by atoms with Crippen LogP contribution in [0.1, 0.15) is 25.7 Å². The predicted octanol–water partition coefficient (Wildman–Crippen LogP) is 0.987. The van der Waals surface area contributed by atoms with E-state index in [4.69, 9.17) is 10.5 Å². The zero-order valence-corrected chi connectivity index (χ0v) is 7.66. The Morgan fingerprint density at radius 1 is 1.62 bits per heavy atom. The SMILES string of the molecule is NC(C(=O)C1=COCC1)C1CCC1. The second-order valence-electron chi connectivity index (χ2n) is 3.84. The van der Waals surface area contributed by atoms with Crippen LogP contribution in [0.4, 0.5) is 0 Å². The molecule has 0 aromatic carbocycles. The lowest BCUT2D eigenvalue weighted by molar-refractivity contribution is -0.118. The Morgan fingerprint density at radius 3 is 2.85 bits per heavy atom. The quantitative estimate of drug-likeness (QED) is 0.706. The highest BCUT2D eigenvalue weighted by molar-refractivity contribution is 5.99. The lowest BCUT2D eigenvalue weighted by atomic mass is 9.77. The molecule has 13 heavy (non-hydrogen) atoms. The van der Waals surface area contributed by atoms with Gasteiger partial charge in [-0.3, -0.25) is 4.79 Å². The minimum absolute atomic E-state index is 0.0993. The molecule has 0 amide bonds. The molecule has 1 aliphatic heterocycles. The van der Waals surface area contributed by atoms with Gasteiger partial charge in [-0.05, 0) is 18.8 Å². The minimum Gasteiger partial charge on any atom is -0.500 e. The van der Waals surface area contributed by atoms with E-state index in [1.807, 2.05) is 0 Å². The summed E-state index contributed by atoms with van der Waals surface area (Å²) >= 11 is 0. The van der Waals surface area contributed by atoms with Crippen molar-refractivity contribution in [1.29, 1.82) is 0 Å². The molecular formula is C10H15NO2. The molecule has 0 bridgehead atoms. The number of ether oxygens (including phenoxy) is 1. The first-order valence-corrected chi connectivity index (χ1v) is 4.89. The molecule has 2 aliphatic rings. The molecular weight excluding hydrogens is 166 g/mol. The van der Waals surface area contributed by atoms with Gasteiger partial charge in [-0.2, -0.15) is 0 Å². The Morgan fingerprint density at radius 2 is 2.38 bits per heavy atom. The van der Waals surface area contributed by atoms with E-state index in [1.54, 1.807) is 6.26 Å². The molecule has 3 heteroatoms. The second kappa shape index (κ2) is 3.50. The van der Waals surface area contributed by atoms with Gasteiger partial charge in [-0.15, -0.1) is 0 Å². The normalized spacial score (nSPS) is 24.5. The van der Waals surface area contributed by atoms with Crippen molar-refractivity contribution in [3.8, 4) is 0 Å². The summed E-state index contributed by atoms with van der Waals surface area (Å²) < 4.78 is 5.02. The summed E-state index contributed by atoms with van der Waals surface area (Å²) in [4.78, 5) is 11.7. The highest BCUT2D eigenvalue weighted by Gasteiger charge is 2.31. The van der Waals surface area contributed by atoms with Gasteiger partial charge >= 0.3 is 0 Å². The zero-order valence-electron chi connectivity index (χ0n) is 7.66. The van der Waals surface area contributed by atoms with Crippen molar-refractivity contribution in [2.75, 3.05) is 6.61 Å². The molecule has 0 saturated heterocycles. The average molecular weight is 181 g/mol. The summed E-state index contributed by atoms with van der Waals surface area (Å²) in [6.45, 7) is 0.637. The second-order valence-corrected chi connectivity index (χ2v) is 3.84. The Bertz CT molecular complexity index is 243. The Hall–Kier alpha value is -0.830. The highest BCUT2D eigenvalue weighted by atomic mass is 16.5. The Kier molecular flexibility index (Phi) is 2.36. The molecule has 1 fully saturated rings. The summed E-state index contributed by atoms with van der Waals surface area (Å²) in [5, 5.41) is 0. The molecule has 72 valence electrons. The van der Waals surface area contributed by atoms with Crippen LogP contribution in [0, 0.1) is 5.92 Å². The lowest BCUT2D eigenvalue weighted by Crippen LogP contribution is -2.41. The fourth-order valence-electron chi connectivity index (χ4n) is 1.80. The molecule has 0 aromatic heterocycles. The number of carbonyl (C=O) groups is 1. The van der Waals surface area contributed by atoms with Gasteiger partial charge in [0.1, 0.15) is 0 Å². The van der Waals surface area contributed by atoms with E-state index in [-0.39, 0.29) is 11.8 Å². The van der Waals surface area contributed by atoms with Gasteiger partial charge in [0.05, 0.1) is 18.9 Å². The first-order chi connectivity index (χ1) is 6.29. The molecule has 0 aromatic rings. The van der Waals surface area contributed by atoms with Crippen LogP contribution in [-0.2, 0) is 9.53 Å². The number of hydrogen-bond donors (Lipinski definition) is 1. The van der Waals surface area contributed by atoms with Crippen LogP contribution in [0.5, 0.6) is 0 Å². The van der Waals surface area contributed by atoms with Gasteiger partial charge in [-0.25, -0.2) is 0 Å². The molecule has 1 heterocycles. The fourth-order valence-corrected chi connectivity index (χ4v) is 1.80. The van der Waals surface area contributed by atoms with Gasteiger partial charge in [0, 0.05) is 12.0 Å². The number of hydrogen-bond acceptors (Lipinski definition) is 3. The van der Waals surface area contributed by atoms with Crippen LogP contribution in [0.2, 0.25) is 0 Å². The van der Waals surface area contributed by atoms with E-state index in [1.165, 1.54) is 6.42 Å². The first kappa shape index (κ1) is 8.75. The lowest BCUT2D eigenvalue weighted by Gasteiger charge is -2.30. The summed E-state index contributed by atoms with van der Waals surface area (Å²) in [5.74, 6) is 0.524. The third kappa shape index (κ3) is 1.61. The van der Waals surface area contributed by atoms with E-state index in [2.05, 4.69) is 0 Å². The van der Waals surface area contributed by atoms with Crippen LogP contribution >= 0.6 is 0 Å². The van der Waals surface area contributed by atoms with Crippen LogP contribution < -0.4 is 5.73 Å². The van der Waals surface area contributed by atoms with Crippen molar-refractivity contribution in [3.63, 3.8) is 0 Å². The number of ketones is 1. The monoisotopic (exact) mass is 181 g/mol. The molecule has 1 unspecified atom stereocenters. The summed E-state index contributed by atoms with van der Waals surface area (Å²) in [6.07, 6.45) is 5.75. The minimum atomic E-state index is -0.276. The van der Waals surface area contributed by atoms with Crippen LogP contribution in [0.25, 0.3) is 0 Å². The number of rotatable bonds is 3. The topological polar surface area (TPSA) is 52.3 Å². The van der Waals surface area contributed by atoms with Crippen LogP contribution in [0.15, 0.2) is 11.8 Å². The van der Waals surface area contributed by atoms with E-state index in [0.717, 1.165) is 24.8 Å². The highest BCUT2D eigenvalue weighted by Crippen LogP contribution is 2.30.